The van der Waals surface area contributed by atoms with Crippen molar-refractivity contribution in [2.75, 3.05) is 0 Å². The van der Waals surface area contributed by atoms with Crippen molar-refractivity contribution in [2.45, 2.75) is 19.2 Å². The number of hydrogen-bond donors (Lipinski definition) is 0. The first-order valence-corrected chi connectivity index (χ1v) is 5.40. The fourth-order valence-electron chi connectivity index (χ4n) is 1.49. The third-order valence-corrected chi connectivity index (χ3v) is 2.91. The van der Waals surface area contributed by atoms with Crippen LogP contribution in [-0.2, 0) is 0 Å². The topological polar surface area (TPSA) is 9.23 Å². The van der Waals surface area contributed by atoms with Gasteiger partial charge in [-0.05, 0) is 46.1 Å². The van der Waals surface area contributed by atoms with E-state index < -0.39 is 6.36 Å². The van der Waals surface area contributed by atoms with Crippen LogP contribution in [0.15, 0.2) is 28.8 Å². The van der Waals surface area contributed by atoms with E-state index in [1.54, 1.807) is 6.07 Å². The molecule has 0 aromatic heterocycles. The van der Waals surface area contributed by atoms with E-state index in [1.165, 1.54) is 6.07 Å². The van der Waals surface area contributed by atoms with Crippen LogP contribution >= 0.6 is 15.9 Å². The van der Waals surface area contributed by atoms with Crippen molar-refractivity contribution in [3.05, 3.63) is 39.9 Å². The highest BCUT2D eigenvalue weighted by Crippen LogP contribution is 2.39. The van der Waals surface area contributed by atoms with E-state index in [0.29, 0.717) is 4.47 Å². The molecule has 1 nitrogen and oxygen atoms in total. The van der Waals surface area contributed by atoms with Crippen LogP contribution in [0.25, 0.3) is 0 Å². The van der Waals surface area contributed by atoms with Crippen LogP contribution in [0.2, 0.25) is 0 Å². The van der Waals surface area contributed by atoms with Gasteiger partial charge in [0.2, 0.25) is 0 Å². The second kappa shape index (κ2) is 3.80. The molecular weight excluding hydrogens is 285 g/mol. The Balaban J connectivity index is 2.33. The van der Waals surface area contributed by atoms with Crippen LogP contribution in [0.3, 0.4) is 0 Å². The van der Waals surface area contributed by atoms with Gasteiger partial charge < -0.3 is 4.74 Å². The summed E-state index contributed by atoms with van der Waals surface area (Å²) >= 11 is 3.06. The van der Waals surface area contributed by atoms with Gasteiger partial charge in [-0.25, -0.2) is 0 Å². The Bertz CT molecular complexity index is 445. The maximum atomic E-state index is 12.1. The number of allylic oxidation sites excluding steroid dienone is 2. The fraction of sp³-hybridized carbons (Fsp3) is 0.273. The summed E-state index contributed by atoms with van der Waals surface area (Å²) in [5.74, 6) is -0.0366. The monoisotopic (exact) mass is 292 g/mol. The molecule has 1 aliphatic carbocycles. The highest BCUT2D eigenvalue weighted by molar-refractivity contribution is 9.10. The molecule has 1 aromatic rings. The largest absolute Gasteiger partial charge is 0.573 e. The van der Waals surface area contributed by atoms with E-state index in [0.717, 1.165) is 11.1 Å². The molecule has 1 aliphatic rings. The normalized spacial score (nSPS) is 15.3. The van der Waals surface area contributed by atoms with Crippen molar-refractivity contribution < 1.29 is 17.9 Å². The second-order valence-electron chi connectivity index (χ2n) is 3.60. The highest BCUT2D eigenvalue weighted by atomic mass is 79.9. The molecule has 0 spiro atoms. The molecule has 16 heavy (non-hydrogen) atoms. The summed E-state index contributed by atoms with van der Waals surface area (Å²) in [6.07, 6.45) is -0.812. The Morgan fingerprint density at radius 3 is 2.38 bits per heavy atom. The van der Waals surface area contributed by atoms with E-state index in [4.69, 9.17) is 0 Å². The summed E-state index contributed by atoms with van der Waals surface area (Å²) in [5.41, 5.74) is 1.79. The van der Waals surface area contributed by atoms with Crippen LogP contribution < -0.4 is 4.74 Å². The third-order valence-electron chi connectivity index (χ3n) is 2.29. The Morgan fingerprint density at radius 1 is 1.25 bits per heavy atom. The van der Waals surface area contributed by atoms with Crippen molar-refractivity contribution in [3.8, 4) is 5.75 Å². The van der Waals surface area contributed by atoms with Crippen molar-refractivity contribution in [1.82, 2.24) is 0 Å². The van der Waals surface area contributed by atoms with Crippen molar-refractivity contribution in [1.29, 1.82) is 0 Å². The minimum Gasteiger partial charge on any atom is -0.405 e. The lowest BCUT2D eigenvalue weighted by Gasteiger charge is -2.13. The average Bonchev–Trinajstić information content (AvgIpc) is 2.90. The Hall–Kier alpha value is -0.970. The number of halogens is 4. The molecule has 0 N–H and O–H groups in total. The minimum atomic E-state index is -4.66. The molecule has 0 amide bonds. The zero-order valence-electron chi connectivity index (χ0n) is 8.31. The third kappa shape index (κ3) is 2.58. The lowest BCUT2D eigenvalue weighted by Crippen LogP contribution is -2.17. The van der Waals surface area contributed by atoms with Gasteiger partial charge in [-0.15, -0.1) is 13.2 Å². The predicted molar refractivity (Wildman–Crippen MR) is 57.4 cm³/mol. The van der Waals surface area contributed by atoms with Crippen molar-refractivity contribution in [3.63, 3.8) is 0 Å². The smallest absolute Gasteiger partial charge is 0.405 e. The molecule has 0 aliphatic heterocycles. The summed E-state index contributed by atoms with van der Waals surface area (Å²) < 4.78 is 40.6. The molecule has 5 heteroatoms. The van der Waals surface area contributed by atoms with Crippen LogP contribution in [0.1, 0.15) is 17.0 Å². The van der Waals surface area contributed by atoms with Gasteiger partial charge in [0.15, 0.2) is 0 Å². The van der Waals surface area contributed by atoms with Crippen LogP contribution in [0.5, 0.6) is 5.75 Å². The molecule has 0 radical (unpaired) electrons. The molecular formula is C11H8BrF3O. The van der Waals surface area contributed by atoms with Gasteiger partial charge in [-0.1, -0.05) is 12.2 Å². The maximum absolute atomic E-state index is 12.1. The van der Waals surface area contributed by atoms with E-state index in [9.17, 15) is 13.2 Å². The number of ether oxygens (including phenoxy) is 1. The SMILES string of the molecule is Cc1cc(Br)c(OC(F)(F)F)cc1C1C=C1. The molecule has 0 unspecified atom stereocenters. The van der Waals surface area contributed by atoms with Crippen LogP contribution in [-0.4, -0.2) is 6.36 Å². The molecule has 0 fully saturated rings. The van der Waals surface area contributed by atoms with Crippen LogP contribution in [0.4, 0.5) is 13.2 Å². The number of hydrogen-bond acceptors (Lipinski definition) is 1. The molecule has 1 aromatic carbocycles. The van der Waals surface area contributed by atoms with Crippen LogP contribution in [0, 0.1) is 6.92 Å². The van der Waals surface area contributed by atoms with Gasteiger partial charge in [-0.3, -0.25) is 0 Å². The number of alkyl halides is 3. The molecule has 0 heterocycles. The van der Waals surface area contributed by atoms with Gasteiger partial charge in [0.05, 0.1) is 4.47 Å². The Morgan fingerprint density at radius 2 is 1.88 bits per heavy atom. The summed E-state index contributed by atoms with van der Waals surface area (Å²) in [7, 11) is 0. The van der Waals surface area contributed by atoms with E-state index in [2.05, 4.69) is 20.7 Å². The first-order chi connectivity index (χ1) is 7.37. The van der Waals surface area contributed by atoms with Gasteiger partial charge in [0, 0.05) is 5.92 Å². The zero-order valence-corrected chi connectivity index (χ0v) is 9.89. The number of aryl methyl sites for hydroxylation is 1. The van der Waals surface area contributed by atoms with E-state index in [1.807, 2.05) is 19.1 Å². The molecule has 86 valence electrons. The van der Waals surface area contributed by atoms with Gasteiger partial charge >= 0.3 is 6.36 Å². The first-order valence-electron chi connectivity index (χ1n) is 4.61. The first kappa shape index (κ1) is 11.5. The number of benzene rings is 1. The molecule has 0 saturated carbocycles. The predicted octanol–water partition coefficient (Wildman–Crippen LogP) is 4.31. The zero-order chi connectivity index (χ0) is 11.9. The lowest BCUT2D eigenvalue weighted by molar-refractivity contribution is -0.274. The van der Waals surface area contributed by atoms with E-state index >= 15 is 0 Å². The summed E-state index contributed by atoms with van der Waals surface area (Å²) in [6.45, 7) is 1.86. The molecule has 0 bridgehead atoms. The minimum absolute atomic E-state index is 0.156. The second-order valence-corrected chi connectivity index (χ2v) is 4.45. The maximum Gasteiger partial charge on any atom is 0.573 e. The van der Waals surface area contributed by atoms with Gasteiger partial charge in [0.1, 0.15) is 5.75 Å². The Kier molecular flexibility index (Phi) is 2.74. The molecule has 2 rings (SSSR count). The molecule has 0 saturated heterocycles. The van der Waals surface area contributed by atoms with Gasteiger partial charge in [0.25, 0.3) is 0 Å². The lowest BCUT2D eigenvalue weighted by atomic mass is 10.0. The molecule has 0 atom stereocenters. The van der Waals surface area contributed by atoms with Crippen molar-refractivity contribution in [2.24, 2.45) is 0 Å². The standard InChI is InChI=1S/C11H8BrF3O/c1-6-4-9(12)10(16-11(13,14)15)5-8(6)7-2-3-7/h2-5,7H,1H3. The quantitative estimate of drug-likeness (QED) is 0.738. The number of rotatable bonds is 2. The summed E-state index contributed by atoms with van der Waals surface area (Å²) in [4.78, 5) is 0. The van der Waals surface area contributed by atoms with Crippen molar-refractivity contribution >= 4 is 15.9 Å². The summed E-state index contributed by atoms with van der Waals surface area (Å²) in [6, 6.07) is 3.06. The Labute approximate surface area is 99.0 Å². The fourth-order valence-corrected chi connectivity index (χ4v) is 2.03. The average molecular weight is 293 g/mol. The van der Waals surface area contributed by atoms with Gasteiger partial charge in [-0.2, -0.15) is 0 Å². The summed E-state index contributed by atoms with van der Waals surface area (Å²) in [5, 5.41) is 0. The van der Waals surface area contributed by atoms with E-state index in [-0.39, 0.29) is 11.7 Å². The highest BCUT2D eigenvalue weighted by Gasteiger charge is 2.32.